The second kappa shape index (κ2) is 14.7. The maximum atomic E-state index is 13.4. The molecule has 5 atom stereocenters. The number of amides is 2. The first-order valence-corrected chi connectivity index (χ1v) is 17.1. The summed E-state index contributed by atoms with van der Waals surface area (Å²) in [4.78, 5) is 28.0. The van der Waals surface area contributed by atoms with Crippen molar-refractivity contribution in [3.05, 3.63) is 94.4 Å². The van der Waals surface area contributed by atoms with Crippen molar-refractivity contribution in [2.24, 2.45) is 11.8 Å². The standard InChI is InChI=1S/C38H49N7O3/c1-8-31-26(11-10-23(3)18-24(4)40-6)12-13-27-19-28(36(47)41-7)14-15-32(27)38(31,37-44-43-33(9-2)48-37)16-17-42-22-34(46)45-29(21-39)20-30-25(5)35(30)45/h8,10,14-15,19,25,29-30,35,40,42H,1,4,9,11-13,16-18,20,22H2,2-3,5-7H3,(H,41,47)/b23-10+/t25-,29?,30?,35?,38?/m0/s1. The van der Waals surface area contributed by atoms with Crippen LogP contribution in [0.25, 0.3) is 0 Å². The third-order valence-corrected chi connectivity index (χ3v) is 10.5. The highest BCUT2D eigenvalue weighted by Gasteiger charge is 2.60. The average molecular weight is 652 g/mol. The van der Waals surface area contributed by atoms with Crippen molar-refractivity contribution in [3.63, 3.8) is 0 Å². The molecule has 4 unspecified atom stereocenters. The number of hydrogen-bond acceptors (Lipinski definition) is 8. The second-order valence-corrected chi connectivity index (χ2v) is 13.3. The Labute approximate surface area is 284 Å². The second-order valence-electron chi connectivity index (χ2n) is 13.3. The number of fused-ring (bicyclic) bond motifs is 2. The van der Waals surface area contributed by atoms with Gasteiger partial charge in [0.2, 0.25) is 17.7 Å². The Morgan fingerprint density at radius 3 is 2.69 bits per heavy atom. The normalized spacial score (nSPS) is 24.7. The third kappa shape index (κ3) is 6.61. The van der Waals surface area contributed by atoms with Crippen LogP contribution < -0.4 is 16.0 Å². The Bertz CT molecular complexity index is 1680. The van der Waals surface area contributed by atoms with Gasteiger partial charge in [-0.15, -0.1) is 10.2 Å². The lowest BCUT2D eigenvalue weighted by Gasteiger charge is -2.35. The zero-order chi connectivity index (χ0) is 34.6. The number of nitrogens with zero attached hydrogens (tertiary/aromatic N) is 4. The number of aromatic nitrogens is 2. The summed E-state index contributed by atoms with van der Waals surface area (Å²) in [6.07, 6.45) is 8.95. The molecule has 2 heterocycles. The van der Waals surface area contributed by atoms with Crippen LogP contribution in [-0.4, -0.2) is 66.2 Å². The number of likely N-dealkylation sites (tertiary alicyclic amines) is 1. The first-order valence-electron chi connectivity index (χ1n) is 17.1. The van der Waals surface area contributed by atoms with E-state index >= 15 is 0 Å². The van der Waals surface area contributed by atoms with Gasteiger partial charge < -0.3 is 25.3 Å². The van der Waals surface area contributed by atoms with Gasteiger partial charge in [-0.3, -0.25) is 9.59 Å². The minimum absolute atomic E-state index is 0.0426. The summed E-state index contributed by atoms with van der Waals surface area (Å²) in [6.45, 7) is 15.3. The largest absolute Gasteiger partial charge is 0.424 e. The summed E-state index contributed by atoms with van der Waals surface area (Å²) < 4.78 is 6.42. The first kappa shape index (κ1) is 34.8. The number of allylic oxidation sites excluding steroid dienone is 5. The molecule has 0 bridgehead atoms. The van der Waals surface area contributed by atoms with E-state index in [1.54, 1.807) is 11.9 Å². The molecule has 1 aromatic heterocycles. The number of rotatable bonds is 14. The molecule has 0 spiro atoms. The molecule has 1 saturated heterocycles. The van der Waals surface area contributed by atoms with Crippen LogP contribution in [0.15, 0.2) is 70.3 Å². The van der Waals surface area contributed by atoms with Crippen LogP contribution in [0.1, 0.15) is 86.1 Å². The fourth-order valence-corrected chi connectivity index (χ4v) is 7.80. The van der Waals surface area contributed by atoms with Gasteiger partial charge >= 0.3 is 0 Å². The summed E-state index contributed by atoms with van der Waals surface area (Å²) in [5.41, 5.74) is 6.09. The van der Waals surface area contributed by atoms with Crippen molar-refractivity contribution < 1.29 is 14.0 Å². The van der Waals surface area contributed by atoms with Gasteiger partial charge in [-0.05, 0) is 86.2 Å². The van der Waals surface area contributed by atoms with Crippen LogP contribution in [-0.2, 0) is 23.1 Å². The van der Waals surface area contributed by atoms with E-state index in [4.69, 9.17) is 4.42 Å². The molecule has 2 aliphatic carbocycles. The molecule has 3 aliphatic rings. The van der Waals surface area contributed by atoms with Crippen LogP contribution in [0.5, 0.6) is 0 Å². The zero-order valence-corrected chi connectivity index (χ0v) is 29.0. The molecule has 0 radical (unpaired) electrons. The first-order chi connectivity index (χ1) is 23.1. The topological polar surface area (TPSA) is 136 Å². The fraction of sp³-hybridized carbons (Fsp3) is 0.500. The van der Waals surface area contributed by atoms with E-state index in [1.807, 2.05) is 38.2 Å². The van der Waals surface area contributed by atoms with Crippen LogP contribution in [0.2, 0.25) is 0 Å². The molecule has 10 heteroatoms. The van der Waals surface area contributed by atoms with Gasteiger partial charge in [0.1, 0.15) is 6.04 Å². The number of carbonyl (C=O) groups excluding carboxylic acids is 2. The summed E-state index contributed by atoms with van der Waals surface area (Å²) in [7, 11) is 3.51. The van der Waals surface area contributed by atoms with E-state index in [1.165, 1.54) is 11.1 Å². The van der Waals surface area contributed by atoms with Gasteiger partial charge in [0, 0.05) is 44.2 Å². The molecule has 3 N–H and O–H groups in total. The quantitative estimate of drug-likeness (QED) is 0.194. The predicted molar refractivity (Wildman–Crippen MR) is 186 cm³/mol. The van der Waals surface area contributed by atoms with Gasteiger partial charge in [0.25, 0.3) is 5.91 Å². The summed E-state index contributed by atoms with van der Waals surface area (Å²) in [5, 5.41) is 28.0. The highest BCUT2D eigenvalue weighted by molar-refractivity contribution is 5.94. The SMILES string of the molecule is C=CC1=C(C/C=C(\C)CC(=C)NC)CCc2cc(C(=O)NC)ccc2C1(CCNCC(=O)N1C(C#N)CC2C1[C@H]2C)c1nnc(CC)o1. The van der Waals surface area contributed by atoms with E-state index in [0.717, 1.165) is 48.1 Å². The highest BCUT2D eigenvalue weighted by atomic mass is 16.4. The Morgan fingerprint density at radius 1 is 1.23 bits per heavy atom. The monoisotopic (exact) mass is 651 g/mol. The number of hydrogen-bond donors (Lipinski definition) is 3. The maximum absolute atomic E-state index is 13.4. The van der Waals surface area contributed by atoms with E-state index in [9.17, 15) is 14.9 Å². The van der Waals surface area contributed by atoms with Crippen molar-refractivity contribution in [2.45, 2.75) is 83.2 Å². The Morgan fingerprint density at radius 2 is 2.02 bits per heavy atom. The van der Waals surface area contributed by atoms with Crippen molar-refractivity contribution >= 4 is 11.8 Å². The molecular formula is C38H49N7O3. The lowest BCUT2D eigenvalue weighted by molar-refractivity contribution is -0.131. The number of piperidine rings is 1. The van der Waals surface area contributed by atoms with Crippen molar-refractivity contribution in [3.8, 4) is 6.07 Å². The maximum Gasteiger partial charge on any atom is 0.251 e. The van der Waals surface area contributed by atoms with Crippen molar-refractivity contribution in [1.82, 2.24) is 31.0 Å². The molecule has 2 fully saturated rings. The van der Waals surface area contributed by atoms with Gasteiger partial charge in [-0.1, -0.05) is 56.4 Å². The number of benzene rings is 1. The van der Waals surface area contributed by atoms with Gasteiger partial charge in [-0.2, -0.15) is 5.26 Å². The van der Waals surface area contributed by atoms with Crippen LogP contribution >= 0.6 is 0 Å². The van der Waals surface area contributed by atoms with Crippen molar-refractivity contribution in [1.29, 1.82) is 5.26 Å². The van der Waals surface area contributed by atoms with Crippen molar-refractivity contribution in [2.75, 3.05) is 27.2 Å². The number of carbonyl (C=O) groups is 2. The highest BCUT2D eigenvalue weighted by Crippen LogP contribution is 2.53. The third-order valence-electron chi connectivity index (χ3n) is 10.5. The van der Waals surface area contributed by atoms with Crippen LogP contribution in [0, 0.1) is 23.2 Å². The van der Waals surface area contributed by atoms with Crippen LogP contribution in [0.4, 0.5) is 0 Å². The molecule has 2 aromatic rings. The molecular weight excluding hydrogens is 602 g/mol. The molecule has 48 heavy (non-hydrogen) atoms. The molecule has 10 nitrogen and oxygen atoms in total. The fourth-order valence-electron chi connectivity index (χ4n) is 7.80. The van der Waals surface area contributed by atoms with Crippen LogP contribution in [0.3, 0.4) is 0 Å². The smallest absolute Gasteiger partial charge is 0.251 e. The Hall–Kier alpha value is -4.49. The van der Waals surface area contributed by atoms with E-state index in [0.29, 0.717) is 55.0 Å². The van der Waals surface area contributed by atoms with Gasteiger partial charge in [0.15, 0.2) is 0 Å². The summed E-state index contributed by atoms with van der Waals surface area (Å²) in [6, 6.07) is 7.98. The zero-order valence-electron chi connectivity index (χ0n) is 29.0. The van der Waals surface area contributed by atoms with E-state index in [2.05, 4.69) is 65.3 Å². The molecule has 2 amide bonds. The molecule has 5 rings (SSSR count). The lowest BCUT2D eigenvalue weighted by atomic mass is 9.68. The molecule has 1 saturated carbocycles. The number of aryl methyl sites for hydroxylation is 2. The molecule has 254 valence electrons. The van der Waals surface area contributed by atoms with E-state index in [-0.39, 0.29) is 30.4 Å². The lowest BCUT2D eigenvalue weighted by Crippen LogP contribution is -2.44. The minimum atomic E-state index is -0.879. The summed E-state index contributed by atoms with van der Waals surface area (Å²) >= 11 is 0. The predicted octanol–water partition coefficient (Wildman–Crippen LogP) is 4.90. The number of nitrogens with one attached hydrogen (secondary N) is 3. The molecule has 1 aromatic carbocycles. The van der Waals surface area contributed by atoms with E-state index < -0.39 is 5.41 Å². The Kier molecular flexibility index (Phi) is 10.7. The Balaban J connectivity index is 1.54. The minimum Gasteiger partial charge on any atom is -0.424 e. The van der Waals surface area contributed by atoms with Gasteiger partial charge in [-0.25, -0.2) is 0 Å². The average Bonchev–Trinajstić information content (AvgIpc) is 3.41. The summed E-state index contributed by atoms with van der Waals surface area (Å²) in [5.74, 6) is 1.70. The number of nitriles is 1. The van der Waals surface area contributed by atoms with Gasteiger partial charge in [0.05, 0.1) is 18.0 Å². The molecule has 1 aliphatic heterocycles.